The number of benzene rings is 3. The summed E-state index contributed by atoms with van der Waals surface area (Å²) in [4.78, 5) is 12.8. The lowest BCUT2D eigenvalue weighted by Gasteiger charge is -2.29. The number of hydrogen-bond acceptors (Lipinski definition) is 4. The lowest BCUT2D eigenvalue weighted by atomic mass is 9.86. The van der Waals surface area contributed by atoms with Crippen molar-refractivity contribution in [2.45, 2.75) is 66.1 Å². The molecule has 1 atom stereocenters. The van der Waals surface area contributed by atoms with Crippen molar-refractivity contribution in [2.24, 2.45) is 0 Å². The first-order chi connectivity index (χ1) is 20.9. The van der Waals surface area contributed by atoms with E-state index in [-0.39, 0.29) is 5.75 Å². The number of aliphatic carboxylic acids is 1. The lowest BCUT2D eigenvalue weighted by Crippen LogP contribution is -2.28. The number of pyridine rings is 1. The fraction of sp³-hybridized carbons (Fsp3) is 0.297. The summed E-state index contributed by atoms with van der Waals surface area (Å²) in [7, 11) is 0. The third-order valence-electron chi connectivity index (χ3n) is 8.28. The van der Waals surface area contributed by atoms with E-state index in [2.05, 4.69) is 31.2 Å². The van der Waals surface area contributed by atoms with Crippen LogP contribution < -0.4 is 4.74 Å². The highest BCUT2D eigenvalue weighted by atomic mass is 19.1. The van der Waals surface area contributed by atoms with E-state index in [0.717, 1.165) is 39.9 Å². The van der Waals surface area contributed by atoms with Gasteiger partial charge < -0.3 is 14.6 Å². The van der Waals surface area contributed by atoms with E-state index < -0.39 is 23.5 Å². The fourth-order valence-corrected chi connectivity index (χ4v) is 6.28. The van der Waals surface area contributed by atoms with Crippen LogP contribution in [0.3, 0.4) is 0 Å². The van der Waals surface area contributed by atoms with Crippen LogP contribution in [0.4, 0.5) is 4.39 Å². The van der Waals surface area contributed by atoms with Gasteiger partial charge in [-0.3, -0.25) is 0 Å². The topological polar surface area (TPSA) is 73.1 Å². The average molecular weight is 593 g/mol. The van der Waals surface area contributed by atoms with Gasteiger partial charge in [-0.25, -0.2) is 13.7 Å². The van der Waals surface area contributed by atoms with E-state index in [4.69, 9.17) is 14.6 Å². The molecule has 0 fully saturated rings. The second-order valence-corrected chi connectivity index (χ2v) is 12.6. The summed E-state index contributed by atoms with van der Waals surface area (Å²) in [5.74, 6) is -1.29. The van der Waals surface area contributed by atoms with Crippen LogP contribution in [0.1, 0.15) is 61.1 Å². The van der Waals surface area contributed by atoms with Crippen LogP contribution in [-0.4, -0.2) is 32.9 Å². The van der Waals surface area contributed by atoms with E-state index in [1.165, 1.54) is 11.6 Å². The summed E-state index contributed by atoms with van der Waals surface area (Å²) in [6.45, 7) is 11.9. The Morgan fingerprint density at radius 1 is 1.00 bits per heavy atom. The van der Waals surface area contributed by atoms with Crippen LogP contribution in [0.2, 0.25) is 0 Å². The van der Waals surface area contributed by atoms with Gasteiger partial charge in [0.2, 0.25) is 0 Å². The molecule has 44 heavy (non-hydrogen) atoms. The maximum atomic E-state index is 15.7. The molecule has 5 aromatic rings. The van der Waals surface area contributed by atoms with Gasteiger partial charge in [-0.2, -0.15) is 5.10 Å². The van der Waals surface area contributed by atoms with Crippen LogP contribution in [0, 0.1) is 26.6 Å². The predicted octanol–water partition coefficient (Wildman–Crippen LogP) is 8.67. The minimum atomic E-state index is -1.28. The smallest absolute Gasteiger partial charge is 0.337 e. The first-order valence-corrected chi connectivity index (χ1v) is 15.0. The second-order valence-electron chi connectivity index (χ2n) is 12.6. The van der Waals surface area contributed by atoms with E-state index in [0.29, 0.717) is 40.8 Å². The molecule has 0 saturated heterocycles. The molecule has 0 saturated carbocycles. The molecule has 0 amide bonds. The molecule has 3 aromatic carbocycles. The molecule has 0 spiro atoms. The van der Waals surface area contributed by atoms with Crippen molar-refractivity contribution in [1.29, 1.82) is 0 Å². The van der Waals surface area contributed by atoms with Crippen LogP contribution in [-0.2, 0) is 16.0 Å². The molecule has 0 unspecified atom stereocenters. The number of nitrogens with zero attached hydrogens (tertiary/aromatic N) is 2. The average Bonchev–Trinajstić information content (AvgIpc) is 3.41. The number of fused-ring (bicyclic) bond motifs is 2. The van der Waals surface area contributed by atoms with Gasteiger partial charge in [0.1, 0.15) is 0 Å². The third kappa shape index (κ3) is 5.37. The molecule has 6 nitrogen and oxygen atoms in total. The van der Waals surface area contributed by atoms with Gasteiger partial charge in [0.15, 0.2) is 17.7 Å². The molecule has 1 aliphatic heterocycles. The maximum Gasteiger partial charge on any atom is 0.337 e. The van der Waals surface area contributed by atoms with Crippen molar-refractivity contribution in [3.05, 3.63) is 100 Å². The Balaban J connectivity index is 1.63. The number of carboxylic acid groups (broad SMARTS) is 1. The van der Waals surface area contributed by atoms with Crippen LogP contribution >= 0.6 is 0 Å². The summed E-state index contributed by atoms with van der Waals surface area (Å²) in [5.41, 5.74) is 9.01. The Hall–Kier alpha value is -4.49. The van der Waals surface area contributed by atoms with Crippen molar-refractivity contribution >= 4 is 11.5 Å². The van der Waals surface area contributed by atoms with Gasteiger partial charge in [0, 0.05) is 28.5 Å². The maximum absolute atomic E-state index is 15.7. The molecule has 2 aromatic heterocycles. The van der Waals surface area contributed by atoms with E-state index in [9.17, 15) is 9.90 Å². The molecule has 226 valence electrons. The monoisotopic (exact) mass is 592 g/mol. The van der Waals surface area contributed by atoms with Crippen LogP contribution in [0.25, 0.3) is 39.0 Å². The highest BCUT2D eigenvalue weighted by Gasteiger charge is 2.33. The summed E-state index contributed by atoms with van der Waals surface area (Å²) in [5, 5.41) is 15.4. The Morgan fingerprint density at radius 3 is 2.48 bits per heavy atom. The molecule has 1 aliphatic rings. The molecular weight excluding hydrogens is 555 g/mol. The van der Waals surface area contributed by atoms with E-state index >= 15 is 4.39 Å². The normalized spacial score (nSPS) is 13.9. The minimum absolute atomic E-state index is 0.283. The zero-order valence-electron chi connectivity index (χ0n) is 26.0. The fourth-order valence-electron chi connectivity index (χ4n) is 6.28. The Kier molecular flexibility index (Phi) is 7.54. The first kappa shape index (κ1) is 29.6. The number of carboxylic acids is 1. The second kappa shape index (κ2) is 11.2. The number of halogens is 1. The standard InChI is InChI=1S/C37H37FN2O4/c1-21-11-7-8-14-26(21)24-12-9-13-25(17-24)30-19-31-33(28-18-29(38)34-27(23(28)3)15-10-16-43-34)32(22(2)20-40(31)39-30)35(36(41)42)44-37(4,5)6/h7-9,11-14,17-20,35H,10,15-16H2,1-6H3,(H,41,42)/t35-/m0/s1. The van der Waals surface area contributed by atoms with Crippen LogP contribution in [0.5, 0.6) is 5.75 Å². The molecule has 0 aliphatic carbocycles. The Labute approximate surface area is 257 Å². The highest BCUT2D eigenvalue weighted by molar-refractivity contribution is 5.92. The largest absolute Gasteiger partial charge is 0.490 e. The predicted molar refractivity (Wildman–Crippen MR) is 171 cm³/mol. The molecule has 1 N–H and O–H groups in total. The van der Waals surface area contributed by atoms with Crippen molar-refractivity contribution < 1.29 is 23.8 Å². The molecule has 3 heterocycles. The Bertz CT molecular complexity index is 1920. The Morgan fingerprint density at radius 2 is 1.75 bits per heavy atom. The number of hydrogen-bond donors (Lipinski definition) is 1. The zero-order valence-corrected chi connectivity index (χ0v) is 26.0. The number of aryl methyl sites for hydroxylation is 2. The van der Waals surface area contributed by atoms with Gasteiger partial charge in [-0.1, -0.05) is 42.5 Å². The first-order valence-electron chi connectivity index (χ1n) is 15.0. The molecule has 7 heteroatoms. The number of ether oxygens (including phenoxy) is 2. The van der Waals surface area contributed by atoms with Crippen molar-refractivity contribution in [1.82, 2.24) is 9.61 Å². The quantitative estimate of drug-likeness (QED) is 0.214. The molecule has 6 rings (SSSR count). The molecular formula is C37H37FN2O4. The molecule has 0 radical (unpaired) electrons. The van der Waals surface area contributed by atoms with Crippen molar-refractivity contribution in [3.63, 3.8) is 0 Å². The van der Waals surface area contributed by atoms with Crippen molar-refractivity contribution in [3.8, 4) is 39.3 Å². The minimum Gasteiger partial charge on any atom is -0.490 e. The van der Waals surface area contributed by atoms with Gasteiger partial charge >= 0.3 is 5.97 Å². The van der Waals surface area contributed by atoms with Gasteiger partial charge in [-0.05, 0) is 106 Å². The summed E-state index contributed by atoms with van der Waals surface area (Å²) in [6.07, 6.45) is 2.01. The van der Waals surface area contributed by atoms with E-state index in [1.54, 1.807) is 4.52 Å². The number of aromatic nitrogens is 2. The molecule has 0 bridgehead atoms. The third-order valence-corrected chi connectivity index (χ3v) is 8.28. The highest BCUT2D eigenvalue weighted by Crippen LogP contribution is 2.44. The number of carbonyl (C=O) groups is 1. The number of rotatable bonds is 6. The SMILES string of the molecule is Cc1ccccc1-c1cccc(-c2cc3c(-c4cc(F)c5c(c4C)CCCO5)c([C@H](OC(C)(C)C)C(=O)O)c(C)cn3n2)c1. The van der Waals surface area contributed by atoms with E-state index in [1.807, 2.05) is 71.1 Å². The van der Waals surface area contributed by atoms with Gasteiger partial charge in [0.05, 0.1) is 23.4 Å². The summed E-state index contributed by atoms with van der Waals surface area (Å²) >= 11 is 0. The van der Waals surface area contributed by atoms with Crippen LogP contribution in [0.15, 0.2) is 66.9 Å². The van der Waals surface area contributed by atoms with Gasteiger partial charge in [0.25, 0.3) is 0 Å². The summed E-state index contributed by atoms with van der Waals surface area (Å²) in [6, 6.07) is 19.9. The zero-order chi connectivity index (χ0) is 31.3. The van der Waals surface area contributed by atoms with Crippen molar-refractivity contribution in [2.75, 3.05) is 6.61 Å². The summed E-state index contributed by atoms with van der Waals surface area (Å²) < 4.78 is 29.4. The van der Waals surface area contributed by atoms with Gasteiger partial charge in [-0.15, -0.1) is 0 Å². The lowest BCUT2D eigenvalue weighted by molar-refractivity contribution is -0.160.